The van der Waals surface area contributed by atoms with Gasteiger partial charge in [0.15, 0.2) is 0 Å². The Balaban J connectivity index is 1.77. The molecule has 1 aromatic carbocycles. The number of nitrogens with one attached hydrogen (secondary N) is 1. The van der Waals surface area contributed by atoms with Crippen LogP contribution in [0.5, 0.6) is 5.75 Å². The summed E-state index contributed by atoms with van der Waals surface area (Å²) >= 11 is 0. The van der Waals surface area contributed by atoms with E-state index in [-0.39, 0.29) is 5.91 Å². The van der Waals surface area contributed by atoms with Crippen molar-refractivity contribution >= 4 is 5.91 Å². The lowest BCUT2D eigenvalue weighted by molar-refractivity contribution is 0.0952. The van der Waals surface area contributed by atoms with Gasteiger partial charge in [0.05, 0.1) is 12.8 Å². The molecule has 0 aliphatic rings. The molecule has 0 spiro atoms. The largest absolute Gasteiger partial charge is 0.497 e. The molecule has 2 rings (SSSR count). The van der Waals surface area contributed by atoms with E-state index >= 15 is 0 Å². The zero-order valence-electron chi connectivity index (χ0n) is 12.7. The summed E-state index contributed by atoms with van der Waals surface area (Å²) in [5, 5.41) is 7.31. The highest BCUT2D eigenvalue weighted by Crippen LogP contribution is 2.11. The third kappa shape index (κ3) is 4.08. The fraction of sp³-hybridized carbons (Fsp3) is 0.375. The fourth-order valence-corrected chi connectivity index (χ4v) is 2.18. The molecule has 0 unspecified atom stereocenters. The van der Waals surface area contributed by atoms with E-state index in [2.05, 4.69) is 16.5 Å². The molecule has 0 bridgehead atoms. The summed E-state index contributed by atoms with van der Waals surface area (Å²) in [7, 11) is 1.61. The van der Waals surface area contributed by atoms with Crippen LogP contribution in [0.15, 0.2) is 30.3 Å². The van der Waals surface area contributed by atoms with Crippen molar-refractivity contribution in [2.45, 2.75) is 26.8 Å². The second kappa shape index (κ2) is 6.92. The summed E-state index contributed by atoms with van der Waals surface area (Å²) in [4.78, 5) is 12.0. The minimum absolute atomic E-state index is 0.0639. The highest BCUT2D eigenvalue weighted by atomic mass is 16.5. The first kappa shape index (κ1) is 15.1. The molecular weight excluding hydrogens is 266 g/mol. The highest BCUT2D eigenvalue weighted by Gasteiger charge is 2.05. The number of amides is 1. The predicted molar refractivity (Wildman–Crippen MR) is 81.6 cm³/mol. The molecule has 1 N–H and O–H groups in total. The maximum absolute atomic E-state index is 12.0. The minimum atomic E-state index is -0.0639. The Labute approximate surface area is 124 Å². The van der Waals surface area contributed by atoms with E-state index in [1.165, 1.54) is 0 Å². The monoisotopic (exact) mass is 287 g/mol. The standard InChI is InChI=1S/C16H21N3O2/c1-12-11-13(2)19(18-12)10-4-9-17-16(20)14-5-7-15(21-3)8-6-14/h5-8,11H,4,9-10H2,1-3H3,(H,17,20). The van der Waals surface area contributed by atoms with Crippen LogP contribution in [0.3, 0.4) is 0 Å². The second-order valence-corrected chi connectivity index (χ2v) is 4.99. The highest BCUT2D eigenvalue weighted by molar-refractivity contribution is 5.94. The van der Waals surface area contributed by atoms with Crippen LogP contribution in [0.4, 0.5) is 0 Å². The molecule has 1 heterocycles. The van der Waals surface area contributed by atoms with E-state index in [9.17, 15) is 4.79 Å². The van der Waals surface area contributed by atoms with Crippen molar-refractivity contribution in [3.8, 4) is 5.75 Å². The van der Waals surface area contributed by atoms with E-state index in [4.69, 9.17) is 4.74 Å². The molecule has 0 atom stereocenters. The number of aromatic nitrogens is 2. The van der Waals surface area contributed by atoms with Gasteiger partial charge in [0, 0.05) is 24.3 Å². The third-order valence-electron chi connectivity index (χ3n) is 3.29. The van der Waals surface area contributed by atoms with Gasteiger partial charge in [-0.05, 0) is 50.6 Å². The fourth-order valence-electron chi connectivity index (χ4n) is 2.18. The van der Waals surface area contributed by atoms with Crippen molar-refractivity contribution in [3.63, 3.8) is 0 Å². The molecule has 0 saturated carbocycles. The van der Waals surface area contributed by atoms with Crippen LogP contribution >= 0.6 is 0 Å². The lowest BCUT2D eigenvalue weighted by Crippen LogP contribution is -2.25. The average molecular weight is 287 g/mol. The first-order valence-electron chi connectivity index (χ1n) is 7.03. The zero-order chi connectivity index (χ0) is 15.2. The molecule has 1 amide bonds. The normalized spacial score (nSPS) is 10.4. The van der Waals surface area contributed by atoms with Gasteiger partial charge in [0.2, 0.25) is 0 Å². The van der Waals surface area contributed by atoms with Crippen molar-refractivity contribution in [2.24, 2.45) is 0 Å². The Morgan fingerprint density at radius 2 is 2.00 bits per heavy atom. The van der Waals surface area contributed by atoms with Crippen LogP contribution in [0.1, 0.15) is 28.2 Å². The SMILES string of the molecule is COc1ccc(C(=O)NCCCn2nc(C)cc2C)cc1. The van der Waals surface area contributed by atoms with Crippen molar-refractivity contribution in [3.05, 3.63) is 47.3 Å². The summed E-state index contributed by atoms with van der Waals surface area (Å²) < 4.78 is 7.04. The molecule has 1 aromatic heterocycles. The first-order valence-corrected chi connectivity index (χ1v) is 7.03. The number of carbonyl (C=O) groups is 1. The van der Waals surface area contributed by atoms with Crippen molar-refractivity contribution in [1.82, 2.24) is 15.1 Å². The van der Waals surface area contributed by atoms with Gasteiger partial charge in [-0.25, -0.2) is 0 Å². The average Bonchev–Trinajstić information content (AvgIpc) is 2.81. The van der Waals surface area contributed by atoms with E-state index in [1.807, 2.05) is 18.5 Å². The van der Waals surface area contributed by atoms with Crippen LogP contribution in [-0.4, -0.2) is 29.3 Å². The van der Waals surface area contributed by atoms with E-state index in [0.717, 1.165) is 30.1 Å². The summed E-state index contributed by atoms with van der Waals surface area (Å²) in [5.74, 6) is 0.682. The van der Waals surface area contributed by atoms with Crippen molar-refractivity contribution in [2.75, 3.05) is 13.7 Å². The van der Waals surface area contributed by atoms with Gasteiger partial charge in [0.25, 0.3) is 5.91 Å². The minimum Gasteiger partial charge on any atom is -0.497 e. The number of nitrogens with zero attached hydrogens (tertiary/aromatic N) is 2. The molecule has 112 valence electrons. The first-order chi connectivity index (χ1) is 10.1. The van der Waals surface area contributed by atoms with Gasteiger partial charge in [-0.15, -0.1) is 0 Å². The molecule has 0 aliphatic carbocycles. The Morgan fingerprint density at radius 3 is 2.57 bits per heavy atom. The Bertz CT molecular complexity index is 602. The van der Waals surface area contributed by atoms with Crippen LogP contribution in [0, 0.1) is 13.8 Å². The number of rotatable bonds is 6. The number of hydrogen-bond acceptors (Lipinski definition) is 3. The molecule has 0 fully saturated rings. The number of ether oxygens (including phenoxy) is 1. The Kier molecular flexibility index (Phi) is 4.98. The Hall–Kier alpha value is -2.30. The van der Waals surface area contributed by atoms with Crippen LogP contribution < -0.4 is 10.1 Å². The summed E-state index contributed by atoms with van der Waals surface area (Å²) in [6.45, 7) is 5.46. The predicted octanol–water partition coefficient (Wildman–Crippen LogP) is 2.33. The molecule has 21 heavy (non-hydrogen) atoms. The summed E-state index contributed by atoms with van der Waals surface area (Å²) in [6.07, 6.45) is 0.851. The maximum atomic E-state index is 12.0. The molecule has 0 radical (unpaired) electrons. The Morgan fingerprint density at radius 1 is 1.29 bits per heavy atom. The molecular formula is C16H21N3O2. The quantitative estimate of drug-likeness (QED) is 0.830. The lowest BCUT2D eigenvalue weighted by Gasteiger charge is -2.07. The summed E-state index contributed by atoms with van der Waals surface area (Å²) in [5.41, 5.74) is 2.81. The molecule has 5 heteroatoms. The number of carbonyl (C=O) groups excluding carboxylic acids is 1. The van der Waals surface area contributed by atoms with E-state index in [1.54, 1.807) is 31.4 Å². The van der Waals surface area contributed by atoms with Gasteiger partial charge in [-0.1, -0.05) is 0 Å². The van der Waals surface area contributed by atoms with Gasteiger partial charge in [-0.2, -0.15) is 5.10 Å². The van der Waals surface area contributed by atoms with Crippen LogP contribution in [-0.2, 0) is 6.54 Å². The van der Waals surface area contributed by atoms with Gasteiger partial charge in [0.1, 0.15) is 5.75 Å². The van der Waals surface area contributed by atoms with Gasteiger partial charge >= 0.3 is 0 Å². The van der Waals surface area contributed by atoms with Crippen molar-refractivity contribution < 1.29 is 9.53 Å². The molecule has 2 aromatic rings. The van der Waals surface area contributed by atoms with Gasteiger partial charge < -0.3 is 10.1 Å². The number of hydrogen-bond donors (Lipinski definition) is 1. The zero-order valence-corrected chi connectivity index (χ0v) is 12.7. The van der Waals surface area contributed by atoms with E-state index < -0.39 is 0 Å². The van der Waals surface area contributed by atoms with Gasteiger partial charge in [-0.3, -0.25) is 9.48 Å². The summed E-state index contributed by atoms with van der Waals surface area (Å²) in [6, 6.07) is 9.13. The second-order valence-electron chi connectivity index (χ2n) is 4.99. The number of benzene rings is 1. The molecule has 0 aliphatic heterocycles. The third-order valence-corrected chi connectivity index (χ3v) is 3.29. The maximum Gasteiger partial charge on any atom is 0.251 e. The number of methoxy groups -OCH3 is 1. The molecule has 5 nitrogen and oxygen atoms in total. The van der Waals surface area contributed by atoms with Crippen LogP contribution in [0.2, 0.25) is 0 Å². The smallest absolute Gasteiger partial charge is 0.251 e. The van der Waals surface area contributed by atoms with Crippen LogP contribution in [0.25, 0.3) is 0 Å². The topological polar surface area (TPSA) is 56.1 Å². The van der Waals surface area contributed by atoms with Crippen molar-refractivity contribution in [1.29, 1.82) is 0 Å². The van der Waals surface area contributed by atoms with E-state index in [0.29, 0.717) is 12.1 Å². The molecule has 0 saturated heterocycles. The lowest BCUT2D eigenvalue weighted by atomic mass is 10.2. The number of aryl methyl sites for hydroxylation is 3.